The minimum absolute atomic E-state index is 0.242. The minimum Gasteiger partial charge on any atom is -0.481 e. The molecule has 0 aliphatic rings. The fourth-order valence-corrected chi connectivity index (χ4v) is 1.23. The van der Waals surface area contributed by atoms with Gasteiger partial charge in [0.1, 0.15) is 0 Å². The molecule has 3 nitrogen and oxygen atoms in total. The molecule has 0 aromatic rings. The average Bonchev–Trinajstić information content (AvgIpc) is 1.87. The summed E-state index contributed by atoms with van der Waals surface area (Å²) in [6, 6.07) is 0. The molecule has 0 saturated heterocycles. The normalized spacial score (nSPS) is 12.5. The summed E-state index contributed by atoms with van der Waals surface area (Å²) >= 11 is 1.60. The highest BCUT2D eigenvalue weighted by Gasteiger charge is 2.18. The third-order valence-corrected chi connectivity index (χ3v) is 2.08. The zero-order valence-electron chi connectivity index (χ0n) is 6.76. The van der Waals surface area contributed by atoms with Gasteiger partial charge >= 0.3 is 5.97 Å². The van der Waals surface area contributed by atoms with Crippen molar-refractivity contribution >= 4 is 23.4 Å². The standard InChI is InChI=1S/C7H13NO2S/c1-5(8)6(7(9)10)3-4-11-2/h6,8H,3-4H2,1-2H3,(H,9,10). The molecular formula is C7H13NO2S. The van der Waals surface area contributed by atoms with Gasteiger partial charge in [-0.3, -0.25) is 4.79 Å². The summed E-state index contributed by atoms with van der Waals surface area (Å²) < 4.78 is 0. The van der Waals surface area contributed by atoms with E-state index in [1.165, 1.54) is 0 Å². The van der Waals surface area contributed by atoms with Crippen LogP contribution in [0.25, 0.3) is 0 Å². The molecule has 0 radical (unpaired) electrons. The highest BCUT2D eigenvalue weighted by atomic mass is 32.2. The SMILES string of the molecule is CSCCC(C(C)=N)C(=O)O. The summed E-state index contributed by atoms with van der Waals surface area (Å²) in [7, 11) is 0. The van der Waals surface area contributed by atoms with E-state index in [0.29, 0.717) is 6.42 Å². The Hall–Kier alpha value is -0.510. The third-order valence-electron chi connectivity index (χ3n) is 1.43. The van der Waals surface area contributed by atoms with Crippen molar-refractivity contribution in [2.75, 3.05) is 12.0 Å². The lowest BCUT2D eigenvalue weighted by molar-refractivity contribution is -0.139. The predicted molar refractivity (Wildman–Crippen MR) is 47.5 cm³/mol. The topological polar surface area (TPSA) is 61.2 Å². The van der Waals surface area contributed by atoms with Gasteiger partial charge in [0.15, 0.2) is 0 Å². The van der Waals surface area contributed by atoms with Gasteiger partial charge in [-0.2, -0.15) is 11.8 Å². The Morgan fingerprint density at radius 3 is 2.55 bits per heavy atom. The minimum atomic E-state index is -0.883. The summed E-state index contributed by atoms with van der Waals surface area (Å²) in [4.78, 5) is 10.5. The largest absolute Gasteiger partial charge is 0.481 e. The van der Waals surface area contributed by atoms with Gasteiger partial charge < -0.3 is 10.5 Å². The van der Waals surface area contributed by atoms with Crippen molar-refractivity contribution in [3.63, 3.8) is 0 Å². The van der Waals surface area contributed by atoms with Gasteiger partial charge in [0.2, 0.25) is 0 Å². The Labute approximate surface area is 70.7 Å². The quantitative estimate of drug-likeness (QED) is 0.622. The van der Waals surface area contributed by atoms with Gasteiger partial charge in [0.25, 0.3) is 0 Å². The van der Waals surface area contributed by atoms with E-state index in [1.807, 2.05) is 6.26 Å². The van der Waals surface area contributed by atoms with Gasteiger partial charge in [0.05, 0.1) is 5.92 Å². The second-order valence-electron chi connectivity index (χ2n) is 2.36. The Kier molecular flexibility index (Phi) is 4.94. The second kappa shape index (κ2) is 5.18. The van der Waals surface area contributed by atoms with Gasteiger partial charge in [-0.1, -0.05) is 0 Å². The van der Waals surface area contributed by atoms with Crippen LogP contribution < -0.4 is 0 Å². The first-order valence-electron chi connectivity index (χ1n) is 3.36. The molecule has 1 unspecified atom stereocenters. The van der Waals surface area contributed by atoms with Gasteiger partial charge in [0, 0.05) is 5.71 Å². The van der Waals surface area contributed by atoms with E-state index >= 15 is 0 Å². The van der Waals surface area contributed by atoms with Crippen molar-refractivity contribution in [1.82, 2.24) is 0 Å². The molecule has 0 fully saturated rings. The monoisotopic (exact) mass is 175 g/mol. The number of carbonyl (C=O) groups is 1. The van der Waals surface area contributed by atoms with E-state index in [-0.39, 0.29) is 5.71 Å². The van der Waals surface area contributed by atoms with E-state index in [1.54, 1.807) is 18.7 Å². The summed E-state index contributed by atoms with van der Waals surface area (Å²) in [5, 5.41) is 15.8. The van der Waals surface area contributed by atoms with Crippen molar-refractivity contribution in [1.29, 1.82) is 5.41 Å². The predicted octanol–water partition coefficient (Wildman–Crippen LogP) is 1.48. The molecule has 0 rings (SSSR count). The van der Waals surface area contributed by atoms with Crippen molar-refractivity contribution in [3.05, 3.63) is 0 Å². The summed E-state index contributed by atoms with van der Waals surface area (Å²) in [5.41, 5.74) is 0.242. The first-order valence-corrected chi connectivity index (χ1v) is 4.75. The molecule has 0 aromatic heterocycles. The van der Waals surface area contributed by atoms with Crippen LogP contribution in [0.4, 0.5) is 0 Å². The van der Waals surface area contributed by atoms with Crippen LogP contribution in [0.1, 0.15) is 13.3 Å². The smallest absolute Gasteiger partial charge is 0.312 e. The molecule has 0 heterocycles. The Morgan fingerprint density at radius 2 is 2.27 bits per heavy atom. The van der Waals surface area contributed by atoms with Crippen LogP contribution in [-0.2, 0) is 4.79 Å². The van der Waals surface area contributed by atoms with Crippen LogP contribution >= 0.6 is 11.8 Å². The fourth-order valence-electron chi connectivity index (χ4n) is 0.761. The van der Waals surface area contributed by atoms with Crippen LogP contribution in [-0.4, -0.2) is 28.8 Å². The van der Waals surface area contributed by atoms with Gasteiger partial charge in [-0.05, 0) is 25.4 Å². The van der Waals surface area contributed by atoms with Crippen molar-refractivity contribution in [2.24, 2.45) is 5.92 Å². The number of hydrogen-bond acceptors (Lipinski definition) is 3. The fraction of sp³-hybridized carbons (Fsp3) is 0.714. The van der Waals surface area contributed by atoms with Crippen LogP contribution in [0.2, 0.25) is 0 Å². The maximum absolute atomic E-state index is 10.5. The number of carboxylic acids is 1. The van der Waals surface area contributed by atoms with Crippen molar-refractivity contribution in [2.45, 2.75) is 13.3 Å². The molecule has 2 N–H and O–H groups in total. The molecular weight excluding hydrogens is 162 g/mol. The number of aliphatic carboxylic acids is 1. The van der Waals surface area contributed by atoms with Crippen LogP contribution in [0.3, 0.4) is 0 Å². The molecule has 0 bridgehead atoms. The Bertz CT molecular complexity index is 145. The molecule has 0 aromatic carbocycles. The van der Waals surface area contributed by atoms with E-state index in [4.69, 9.17) is 10.5 Å². The van der Waals surface area contributed by atoms with E-state index < -0.39 is 11.9 Å². The molecule has 1 atom stereocenters. The summed E-state index contributed by atoms with van der Waals surface area (Å²) in [6.45, 7) is 1.54. The summed E-state index contributed by atoms with van der Waals surface area (Å²) in [5.74, 6) is -0.665. The van der Waals surface area contributed by atoms with Gasteiger partial charge in [-0.15, -0.1) is 0 Å². The van der Waals surface area contributed by atoms with Crippen LogP contribution in [0.5, 0.6) is 0 Å². The molecule has 0 aliphatic heterocycles. The third kappa shape index (κ3) is 4.03. The Morgan fingerprint density at radius 1 is 1.73 bits per heavy atom. The maximum Gasteiger partial charge on any atom is 0.312 e. The second-order valence-corrected chi connectivity index (χ2v) is 3.34. The number of carboxylic acid groups (broad SMARTS) is 1. The molecule has 11 heavy (non-hydrogen) atoms. The van der Waals surface area contributed by atoms with E-state index in [9.17, 15) is 4.79 Å². The first kappa shape index (κ1) is 10.5. The van der Waals surface area contributed by atoms with Crippen molar-refractivity contribution in [3.8, 4) is 0 Å². The zero-order valence-corrected chi connectivity index (χ0v) is 7.57. The summed E-state index contributed by atoms with van der Waals surface area (Å²) in [6.07, 6.45) is 2.49. The maximum atomic E-state index is 10.5. The molecule has 0 spiro atoms. The molecule has 64 valence electrons. The molecule has 0 amide bonds. The average molecular weight is 175 g/mol. The Balaban J connectivity index is 3.90. The van der Waals surface area contributed by atoms with E-state index in [2.05, 4.69) is 0 Å². The zero-order chi connectivity index (χ0) is 8.85. The molecule has 0 aliphatic carbocycles. The number of rotatable bonds is 5. The highest BCUT2D eigenvalue weighted by molar-refractivity contribution is 7.98. The first-order chi connectivity index (χ1) is 5.09. The highest BCUT2D eigenvalue weighted by Crippen LogP contribution is 2.09. The van der Waals surface area contributed by atoms with Crippen molar-refractivity contribution < 1.29 is 9.90 Å². The number of thioether (sulfide) groups is 1. The lowest BCUT2D eigenvalue weighted by Gasteiger charge is -2.08. The van der Waals surface area contributed by atoms with E-state index in [0.717, 1.165) is 5.75 Å². The molecule has 0 saturated carbocycles. The molecule has 4 heteroatoms. The number of hydrogen-bond donors (Lipinski definition) is 2. The van der Waals surface area contributed by atoms with Gasteiger partial charge in [-0.25, -0.2) is 0 Å². The van der Waals surface area contributed by atoms with Crippen LogP contribution in [0, 0.1) is 11.3 Å². The number of nitrogens with one attached hydrogen (secondary N) is 1. The van der Waals surface area contributed by atoms with Crippen LogP contribution in [0.15, 0.2) is 0 Å². The lowest BCUT2D eigenvalue weighted by Crippen LogP contribution is -2.21. The lowest BCUT2D eigenvalue weighted by atomic mass is 10.0.